The van der Waals surface area contributed by atoms with Crippen molar-refractivity contribution in [2.24, 2.45) is 0 Å². The second-order valence-corrected chi connectivity index (χ2v) is 4.04. The summed E-state index contributed by atoms with van der Waals surface area (Å²) in [7, 11) is 0. The lowest BCUT2D eigenvalue weighted by atomic mass is 10.0. The maximum absolute atomic E-state index is 10.8. The summed E-state index contributed by atoms with van der Waals surface area (Å²) in [6, 6.07) is 8.42. The molecule has 0 radical (unpaired) electrons. The minimum Gasteiger partial charge on any atom is -0.478 e. The molecule has 0 spiro atoms. The minimum atomic E-state index is -0.985. The largest absolute Gasteiger partial charge is 0.478 e. The Kier molecular flexibility index (Phi) is 3.11. The SMILES string of the molecule is Cc1ncccc1-c1ccc(C(=O)O)cc1Cl. The standard InChI is InChI=1S/C13H10ClNO2/c1-8-10(3-2-6-15-8)11-5-4-9(13(16)17)7-12(11)14/h2-7H,1H3,(H,16,17). The number of carboxylic acids is 1. The van der Waals surface area contributed by atoms with Crippen LogP contribution < -0.4 is 0 Å². The number of halogens is 1. The van der Waals surface area contributed by atoms with Crippen LogP contribution in [0.1, 0.15) is 16.1 Å². The van der Waals surface area contributed by atoms with Crippen molar-refractivity contribution >= 4 is 17.6 Å². The smallest absolute Gasteiger partial charge is 0.335 e. The van der Waals surface area contributed by atoms with Gasteiger partial charge in [-0.15, -0.1) is 0 Å². The van der Waals surface area contributed by atoms with Gasteiger partial charge in [-0.3, -0.25) is 4.98 Å². The molecule has 0 aliphatic heterocycles. The molecule has 1 aromatic heterocycles. The Morgan fingerprint density at radius 1 is 1.29 bits per heavy atom. The van der Waals surface area contributed by atoms with Crippen LogP contribution >= 0.6 is 11.6 Å². The van der Waals surface area contributed by atoms with Gasteiger partial charge in [-0.2, -0.15) is 0 Å². The van der Waals surface area contributed by atoms with Gasteiger partial charge in [0, 0.05) is 28.0 Å². The number of aromatic carboxylic acids is 1. The third-order valence-corrected chi connectivity index (χ3v) is 2.83. The predicted molar refractivity (Wildman–Crippen MR) is 66.4 cm³/mol. The van der Waals surface area contributed by atoms with Crippen LogP contribution in [0.15, 0.2) is 36.5 Å². The zero-order valence-corrected chi connectivity index (χ0v) is 9.90. The number of rotatable bonds is 2. The first-order valence-corrected chi connectivity index (χ1v) is 5.42. The van der Waals surface area contributed by atoms with E-state index in [-0.39, 0.29) is 5.56 Å². The molecule has 0 fully saturated rings. The number of hydrogen-bond acceptors (Lipinski definition) is 2. The summed E-state index contributed by atoms with van der Waals surface area (Å²) in [6.45, 7) is 1.89. The number of pyridine rings is 1. The van der Waals surface area contributed by atoms with Gasteiger partial charge in [0.15, 0.2) is 0 Å². The van der Waals surface area contributed by atoms with E-state index in [4.69, 9.17) is 16.7 Å². The van der Waals surface area contributed by atoms with Crippen LogP contribution in [0.5, 0.6) is 0 Å². The fourth-order valence-corrected chi connectivity index (χ4v) is 1.92. The summed E-state index contributed by atoms with van der Waals surface area (Å²) in [5.41, 5.74) is 2.74. The van der Waals surface area contributed by atoms with E-state index in [9.17, 15) is 4.79 Å². The topological polar surface area (TPSA) is 50.2 Å². The Hall–Kier alpha value is -1.87. The molecule has 4 heteroatoms. The molecule has 2 aromatic rings. The van der Waals surface area contributed by atoms with Crippen molar-refractivity contribution in [1.82, 2.24) is 4.98 Å². The molecule has 1 aromatic carbocycles. The summed E-state index contributed by atoms with van der Waals surface area (Å²) in [6.07, 6.45) is 1.71. The first-order valence-electron chi connectivity index (χ1n) is 5.04. The Labute approximate surface area is 104 Å². The van der Waals surface area contributed by atoms with Gasteiger partial charge in [0.1, 0.15) is 0 Å². The average molecular weight is 248 g/mol. The second-order valence-electron chi connectivity index (χ2n) is 3.64. The van der Waals surface area contributed by atoms with Crippen LogP contribution in [0.2, 0.25) is 5.02 Å². The molecule has 0 atom stereocenters. The summed E-state index contributed by atoms with van der Waals surface area (Å²) < 4.78 is 0. The highest BCUT2D eigenvalue weighted by molar-refractivity contribution is 6.33. The molecule has 86 valence electrons. The van der Waals surface area contributed by atoms with Gasteiger partial charge >= 0.3 is 5.97 Å². The molecule has 17 heavy (non-hydrogen) atoms. The number of benzene rings is 1. The van der Waals surface area contributed by atoms with E-state index < -0.39 is 5.97 Å². The predicted octanol–water partition coefficient (Wildman–Crippen LogP) is 3.41. The Balaban J connectivity index is 2.55. The van der Waals surface area contributed by atoms with E-state index in [1.165, 1.54) is 12.1 Å². The van der Waals surface area contributed by atoms with Gasteiger partial charge in [0.25, 0.3) is 0 Å². The second kappa shape index (κ2) is 4.55. The molecule has 0 bridgehead atoms. The van der Waals surface area contributed by atoms with Crippen molar-refractivity contribution in [3.8, 4) is 11.1 Å². The maximum atomic E-state index is 10.8. The lowest BCUT2D eigenvalue weighted by Gasteiger charge is -2.07. The molecule has 0 aliphatic carbocycles. The minimum absolute atomic E-state index is 0.181. The van der Waals surface area contributed by atoms with Crippen LogP contribution in [0.4, 0.5) is 0 Å². The number of aryl methyl sites for hydroxylation is 1. The fraction of sp³-hybridized carbons (Fsp3) is 0.0769. The van der Waals surface area contributed by atoms with E-state index in [0.717, 1.165) is 16.8 Å². The summed E-state index contributed by atoms with van der Waals surface area (Å²) in [5, 5.41) is 9.27. The van der Waals surface area contributed by atoms with E-state index >= 15 is 0 Å². The van der Waals surface area contributed by atoms with E-state index in [2.05, 4.69) is 4.98 Å². The van der Waals surface area contributed by atoms with E-state index in [1.54, 1.807) is 12.3 Å². The van der Waals surface area contributed by atoms with Crippen molar-refractivity contribution in [3.05, 3.63) is 52.8 Å². The van der Waals surface area contributed by atoms with Crippen LogP contribution in [0, 0.1) is 6.92 Å². The van der Waals surface area contributed by atoms with Crippen molar-refractivity contribution in [2.45, 2.75) is 6.92 Å². The molecule has 0 unspecified atom stereocenters. The molecular weight excluding hydrogens is 238 g/mol. The van der Waals surface area contributed by atoms with Crippen LogP contribution in [-0.2, 0) is 0 Å². The zero-order valence-electron chi connectivity index (χ0n) is 9.14. The van der Waals surface area contributed by atoms with E-state index in [1.807, 2.05) is 19.1 Å². The summed E-state index contributed by atoms with van der Waals surface area (Å²) in [5.74, 6) is -0.985. The highest BCUT2D eigenvalue weighted by Gasteiger charge is 2.10. The first-order chi connectivity index (χ1) is 8.09. The van der Waals surface area contributed by atoms with Gasteiger partial charge in [0.05, 0.1) is 5.56 Å². The quantitative estimate of drug-likeness (QED) is 0.885. The lowest BCUT2D eigenvalue weighted by molar-refractivity contribution is 0.0697. The number of nitrogens with zero attached hydrogens (tertiary/aromatic N) is 1. The molecule has 0 aliphatic rings. The Morgan fingerprint density at radius 2 is 2.06 bits per heavy atom. The Morgan fingerprint density at radius 3 is 2.65 bits per heavy atom. The van der Waals surface area contributed by atoms with Gasteiger partial charge < -0.3 is 5.11 Å². The van der Waals surface area contributed by atoms with Crippen molar-refractivity contribution in [3.63, 3.8) is 0 Å². The number of aromatic nitrogens is 1. The van der Waals surface area contributed by atoms with Crippen LogP contribution in [0.3, 0.4) is 0 Å². The molecular formula is C13H10ClNO2. The number of hydrogen-bond donors (Lipinski definition) is 1. The first kappa shape index (κ1) is 11.6. The monoisotopic (exact) mass is 247 g/mol. The van der Waals surface area contributed by atoms with Crippen molar-refractivity contribution in [2.75, 3.05) is 0 Å². The Bertz CT molecular complexity index is 581. The average Bonchev–Trinajstić information content (AvgIpc) is 2.30. The van der Waals surface area contributed by atoms with Crippen molar-refractivity contribution < 1.29 is 9.90 Å². The zero-order chi connectivity index (χ0) is 12.4. The highest BCUT2D eigenvalue weighted by Crippen LogP contribution is 2.30. The third kappa shape index (κ3) is 2.29. The number of carbonyl (C=O) groups is 1. The maximum Gasteiger partial charge on any atom is 0.335 e. The van der Waals surface area contributed by atoms with Crippen molar-refractivity contribution in [1.29, 1.82) is 0 Å². The van der Waals surface area contributed by atoms with Crippen LogP contribution in [0.25, 0.3) is 11.1 Å². The van der Waals surface area contributed by atoms with Gasteiger partial charge in [-0.25, -0.2) is 4.79 Å². The molecule has 1 heterocycles. The molecule has 3 nitrogen and oxygen atoms in total. The molecule has 0 amide bonds. The van der Waals surface area contributed by atoms with Gasteiger partial charge in [0.2, 0.25) is 0 Å². The highest BCUT2D eigenvalue weighted by atomic mass is 35.5. The molecule has 2 rings (SSSR count). The molecule has 0 saturated heterocycles. The fourth-order valence-electron chi connectivity index (χ4n) is 1.64. The molecule has 0 saturated carbocycles. The van der Waals surface area contributed by atoms with Crippen LogP contribution in [-0.4, -0.2) is 16.1 Å². The summed E-state index contributed by atoms with van der Waals surface area (Å²) >= 11 is 6.09. The number of carboxylic acid groups (broad SMARTS) is 1. The summed E-state index contributed by atoms with van der Waals surface area (Å²) in [4.78, 5) is 15.0. The van der Waals surface area contributed by atoms with Gasteiger partial charge in [-0.1, -0.05) is 23.7 Å². The van der Waals surface area contributed by atoms with Gasteiger partial charge in [-0.05, 0) is 25.1 Å². The molecule has 1 N–H and O–H groups in total. The van der Waals surface area contributed by atoms with E-state index in [0.29, 0.717) is 5.02 Å². The normalized spacial score (nSPS) is 10.2. The lowest BCUT2D eigenvalue weighted by Crippen LogP contribution is -1.96. The third-order valence-electron chi connectivity index (χ3n) is 2.51.